The number of nitrogens with one attached hydrogen (secondary N) is 1. The summed E-state index contributed by atoms with van der Waals surface area (Å²) in [5, 5.41) is 13.9. The molecule has 0 bridgehead atoms. The topological polar surface area (TPSA) is 52.6 Å². The van der Waals surface area contributed by atoms with Crippen molar-refractivity contribution in [2.24, 2.45) is 5.92 Å². The molecule has 1 saturated carbocycles. The summed E-state index contributed by atoms with van der Waals surface area (Å²) < 4.78 is 0. The number of hydrogen-bond acceptors (Lipinski definition) is 3. The molecule has 0 aromatic heterocycles. The molecule has 2 N–H and O–H groups in total. The van der Waals surface area contributed by atoms with Crippen LogP contribution in [0.2, 0.25) is 10.0 Å². The molecule has 0 radical (unpaired) electrons. The average Bonchev–Trinajstić information content (AvgIpc) is 2.99. The van der Waals surface area contributed by atoms with Crippen LogP contribution in [0.3, 0.4) is 0 Å². The average molecular weight is 357 g/mol. The number of carboxylic acid groups (broad SMARTS) is 1. The molecule has 126 valence electrons. The van der Waals surface area contributed by atoms with Crippen LogP contribution in [0, 0.1) is 5.92 Å². The van der Waals surface area contributed by atoms with Crippen LogP contribution >= 0.6 is 23.2 Å². The van der Waals surface area contributed by atoms with Crippen molar-refractivity contribution in [1.29, 1.82) is 0 Å². The Morgan fingerprint density at radius 2 is 1.83 bits per heavy atom. The first-order valence-electron chi connectivity index (χ1n) is 8.22. The quantitative estimate of drug-likeness (QED) is 0.861. The second-order valence-electron chi connectivity index (χ2n) is 6.58. The molecule has 1 heterocycles. The zero-order valence-electron chi connectivity index (χ0n) is 13.0. The predicted octanol–water partition coefficient (Wildman–Crippen LogP) is 3.81. The van der Waals surface area contributed by atoms with Gasteiger partial charge in [-0.05, 0) is 50.3 Å². The van der Waals surface area contributed by atoms with Gasteiger partial charge in [0.25, 0.3) is 0 Å². The van der Waals surface area contributed by atoms with Crippen molar-refractivity contribution in [3.05, 3.63) is 28.2 Å². The Morgan fingerprint density at radius 1 is 1.09 bits per heavy atom. The minimum Gasteiger partial charge on any atom is -0.481 e. The highest BCUT2D eigenvalue weighted by atomic mass is 35.5. The largest absolute Gasteiger partial charge is 0.481 e. The Hall–Kier alpha value is -0.970. The zero-order valence-corrected chi connectivity index (χ0v) is 14.5. The monoisotopic (exact) mass is 356 g/mol. The lowest BCUT2D eigenvalue weighted by Gasteiger charge is -2.29. The van der Waals surface area contributed by atoms with Crippen molar-refractivity contribution >= 4 is 34.9 Å². The van der Waals surface area contributed by atoms with Gasteiger partial charge in [0, 0.05) is 30.9 Å². The lowest BCUT2D eigenvalue weighted by Crippen LogP contribution is -2.42. The van der Waals surface area contributed by atoms with E-state index in [0.717, 1.165) is 50.9 Å². The van der Waals surface area contributed by atoms with Crippen LogP contribution in [0.5, 0.6) is 0 Å². The molecule has 1 saturated heterocycles. The number of halogens is 2. The third-order valence-electron chi connectivity index (χ3n) is 5.00. The van der Waals surface area contributed by atoms with Gasteiger partial charge in [-0.2, -0.15) is 0 Å². The molecule has 1 atom stereocenters. The Labute approximate surface area is 146 Å². The fraction of sp³-hybridized carbons (Fsp3) is 0.588. The van der Waals surface area contributed by atoms with E-state index < -0.39 is 5.97 Å². The molecule has 1 aliphatic carbocycles. The minimum absolute atomic E-state index is 0.149. The van der Waals surface area contributed by atoms with Gasteiger partial charge in [-0.25, -0.2) is 0 Å². The van der Waals surface area contributed by atoms with Gasteiger partial charge in [0.15, 0.2) is 0 Å². The smallest absolute Gasteiger partial charge is 0.306 e. The molecule has 1 aromatic carbocycles. The van der Waals surface area contributed by atoms with Gasteiger partial charge in [0.2, 0.25) is 0 Å². The molecule has 0 amide bonds. The van der Waals surface area contributed by atoms with Crippen molar-refractivity contribution in [2.45, 2.75) is 44.2 Å². The standard InChI is InChI=1S/C17H22Cl2N2O2/c18-15-6-5-14(9-16(15)19)21-8-7-13(10-21)20-12-3-1-11(2-4-12)17(22)23/h5-6,9,11-13,20H,1-4,7-8,10H2,(H,22,23). The van der Waals surface area contributed by atoms with E-state index in [-0.39, 0.29) is 5.92 Å². The van der Waals surface area contributed by atoms with Crippen LogP contribution in [0.1, 0.15) is 32.1 Å². The Morgan fingerprint density at radius 3 is 2.48 bits per heavy atom. The SMILES string of the molecule is O=C(O)C1CCC(NC2CCN(c3ccc(Cl)c(Cl)c3)C2)CC1. The van der Waals surface area contributed by atoms with Crippen molar-refractivity contribution in [3.8, 4) is 0 Å². The molecule has 0 spiro atoms. The van der Waals surface area contributed by atoms with E-state index in [1.54, 1.807) is 0 Å². The number of carbonyl (C=O) groups is 1. The molecule has 4 nitrogen and oxygen atoms in total. The lowest BCUT2D eigenvalue weighted by atomic mass is 9.86. The van der Waals surface area contributed by atoms with Gasteiger partial charge in [-0.15, -0.1) is 0 Å². The maximum absolute atomic E-state index is 11.0. The maximum Gasteiger partial charge on any atom is 0.306 e. The zero-order chi connectivity index (χ0) is 16.4. The van der Waals surface area contributed by atoms with E-state index in [9.17, 15) is 4.79 Å². The third kappa shape index (κ3) is 4.11. The van der Waals surface area contributed by atoms with E-state index in [4.69, 9.17) is 28.3 Å². The van der Waals surface area contributed by atoms with Gasteiger partial charge in [0.1, 0.15) is 0 Å². The van der Waals surface area contributed by atoms with Gasteiger partial charge < -0.3 is 15.3 Å². The Kier molecular flexibility index (Phi) is 5.34. The molecule has 1 aromatic rings. The normalized spacial score (nSPS) is 28.1. The number of aliphatic carboxylic acids is 1. The van der Waals surface area contributed by atoms with Crippen LogP contribution in [-0.4, -0.2) is 36.2 Å². The van der Waals surface area contributed by atoms with E-state index in [1.165, 1.54) is 0 Å². The second kappa shape index (κ2) is 7.29. The highest BCUT2D eigenvalue weighted by Gasteiger charge is 2.29. The summed E-state index contributed by atoms with van der Waals surface area (Å²) in [6.45, 7) is 1.96. The molecule has 3 rings (SSSR count). The molecular weight excluding hydrogens is 335 g/mol. The summed E-state index contributed by atoms with van der Waals surface area (Å²) in [7, 11) is 0. The molecule has 23 heavy (non-hydrogen) atoms. The number of anilines is 1. The first-order chi connectivity index (χ1) is 11.0. The van der Waals surface area contributed by atoms with Gasteiger partial charge >= 0.3 is 5.97 Å². The maximum atomic E-state index is 11.0. The van der Waals surface area contributed by atoms with Crippen molar-refractivity contribution in [1.82, 2.24) is 5.32 Å². The number of carboxylic acids is 1. The van der Waals surface area contributed by atoms with Gasteiger partial charge in [-0.1, -0.05) is 23.2 Å². The molecule has 2 fully saturated rings. The third-order valence-corrected chi connectivity index (χ3v) is 5.74. The van der Waals surface area contributed by atoms with Crippen LogP contribution < -0.4 is 10.2 Å². The summed E-state index contributed by atoms with van der Waals surface area (Å²) >= 11 is 12.1. The predicted molar refractivity (Wildman–Crippen MR) is 93.6 cm³/mol. The Balaban J connectivity index is 1.50. The van der Waals surface area contributed by atoms with Crippen LogP contribution in [0.15, 0.2) is 18.2 Å². The van der Waals surface area contributed by atoms with Gasteiger partial charge in [-0.3, -0.25) is 4.79 Å². The highest BCUT2D eigenvalue weighted by Crippen LogP contribution is 2.30. The van der Waals surface area contributed by atoms with Gasteiger partial charge in [0.05, 0.1) is 16.0 Å². The summed E-state index contributed by atoms with van der Waals surface area (Å²) in [5.74, 6) is -0.792. The molecule has 1 unspecified atom stereocenters. The number of hydrogen-bond donors (Lipinski definition) is 2. The second-order valence-corrected chi connectivity index (χ2v) is 7.40. The van der Waals surface area contributed by atoms with E-state index in [1.807, 2.05) is 18.2 Å². The van der Waals surface area contributed by atoms with Crippen molar-refractivity contribution in [2.75, 3.05) is 18.0 Å². The van der Waals surface area contributed by atoms with Crippen molar-refractivity contribution in [3.63, 3.8) is 0 Å². The number of benzene rings is 1. The molecule has 6 heteroatoms. The number of nitrogens with zero attached hydrogens (tertiary/aromatic N) is 1. The first kappa shape index (κ1) is 16.9. The van der Waals surface area contributed by atoms with E-state index in [2.05, 4.69) is 10.2 Å². The summed E-state index contributed by atoms with van der Waals surface area (Å²) in [6, 6.07) is 6.67. The lowest BCUT2D eigenvalue weighted by molar-refractivity contribution is -0.142. The minimum atomic E-state index is -0.643. The van der Waals surface area contributed by atoms with Crippen LogP contribution in [0.4, 0.5) is 5.69 Å². The summed E-state index contributed by atoms with van der Waals surface area (Å²) in [6.07, 6.45) is 4.59. The summed E-state index contributed by atoms with van der Waals surface area (Å²) in [5.41, 5.74) is 1.11. The Bertz CT molecular complexity index is 574. The van der Waals surface area contributed by atoms with E-state index >= 15 is 0 Å². The van der Waals surface area contributed by atoms with Crippen LogP contribution in [-0.2, 0) is 4.79 Å². The fourth-order valence-electron chi connectivity index (χ4n) is 3.65. The fourth-order valence-corrected chi connectivity index (χ4v) is 3.95. The molecule has 2 aliphatic rings. The highest BCUT2D eigenvalue weighted by molar-refractivity contribution is 6.42. The first-order valence-corrected chi connectivity index (χ1v) is 8.97. The van der Waals surface area contributed by atoms with Crippen molar-refractivity contribution < 1.29 is 9.90 Å². The van der Waals surface area contributed by atoms with Crippen LogP contribution in [0.25, 0.3) is 0 Å². The molecular formula is C17H22Cl2N2O2. The van der Waals surface area contributed by atoms with E-state index in [0.29, 0.717) is 22.1 Å². The molecule has 1 aliphatic heterocycles. The number of rotatable bonds is 4. The summed E-state index contributed by atoms with van der Waals surface area (Å²) in [4.78, 5) is 13.3.